The van der Waals surface area contributed by atoms with E-state index in [1.165, 1.54) is 22.9 Å². The van der Waals surface area contributed by atoms with Crippen LogP contribution in [0.2, 0.25) is 0 Å². The Labute approximate surface area is 281 Å². The van der Waals surface area contributed by atoms with Gasteiger partial charge in [0.25, 0.3) is 12.1 Å². The molecule has 3 aromatic rings. The van der Waals surface area contributed by atoms with Crippen molar-refractivity contribution in [3.8, 4) is 0 Å². The van der Waals surface area contributed by atoms with Gasteiger partial charge in [0.05, 0.1) is 13.2 Å². The maximum absolute atomic E-state index is 12.6. The fourth-order valence-corrected chi connectivity index (χ4v) is 8.07. The topological polar surface area (TPSA) is 365 Å². The van der Waals surface area contributed by atoms with Crippen LogP contribution in [0.5, 0.6) is 0 Å². The summed E-state index contributed by atoms with van der Waals surface area (Å²) in [6.07, 6.45) is -9.79. The van der Waals surface area contributed by atoms with Gasteiger partial charge in [0.1, 0.15) is 42.4 Å². The number of rotatable bonds is 13. The van der Waals surface area contributed by atoms with Gasteiger partial charge in [-0.05, 0) is 22.0 Å². The summed E-state index contributed by atoms with van der Waals surface area (Å²) in [5.74, 6) is -0.872. The maximum atomic E-state index is 12.6. The number of nitrogens with zero attached hydrogens (tertiary/aromatic N) is 5. The molecule has 2 aliphatic rings. The molecule has 6 unspecified atom stereocenters. The Hall–Kier alpha value is -2.38. The molecule has 24 nitrogen and oxygen atoms in total. The molecule has 1 amide bonds. The maximum Gasteiger partial charge on any atom is 0.481 e. The lowest BCUT2D eigenvalue weighted by atomic mass is 10.1. The standard InChI is InChI=1S/C21H27BrN7O17P3/c22-21-27-11-16(23)25-7-26-18(11)29(21)19-14(32)12(30)9(43-19)5-41-48(37,38)46-49(39,40)42-6-10-13(31)15(45-47(34,35)36)20(44-10)28-3-1-2-8(4-28)17(24)33/h1-4,7,9-10,12-15,19-20,30-32H,5-6H2,(H7-,23,24,25,26,33,34,35,36,37,38,39,40)/p+1/t9-,10-,12+,13+,14?,15?,19?,20?/m1/s1. The fourth-order valence-electron chi connectivity index (χ4n) is 4.88. The number of nitrogen functional groups attached to an aromatic ring is 1. The molecule has 2 saturated heterocycles. The highest BCUT2D eigenvalue weighted by atomic mass is 79.9. The molecule has 270 valence electrons. The number of fused-ring (bicyclic) bond motifs is 1. The van der Waals surface area contributed by atoms with E-state index in [-0.39, 0.29) is 27.3 Å². The lowest BCUT2D eigenvalue weighted by Crippen LogP contribution is -2.47. The SMILES string of the molecule is NC(=O)c1ccc[n+](C2O[C@H](COP(=O)(O)OP(=O)(O)OC[C@H]3OC(n4c(Br)nc5c(N)ncnc54)C(O)[C@H]3O)[C@H](O)C2OP(=O)(O)O)c1. The van der Waals surface area contributed by atoms with Crippen molar-refractivity contribution in [3.63, 3.8) is 0 Å². The predicted octanol–water partition coefficient (Wildman–Crippen LogP) is -2.14. The summed E-state index contributed by atoms with van der Waals surface area (Å²) >= 11 is 3.17. The number of carbonyl (C=O) groups excluding carboxylic acids is 1. The van der Waals surface area contributed by atoms with Gasteiger partial charge in [-0.3, -0.25) is 22.9 Å². The van der Waals surface area contributed by atoms with Crippen LogP contribution < -0.4 is 16.0 Å². The second-order valence-corrected chi connectivity index (χ2v) is 15.3. The summed E-state index contributed by atoms with van der Waals surface area (Å²) < 4.78 is 68.5. The Kier molecular flexibility index (Phi) is 11.1. The molecule has 0 aliphatic carbocycles. The molecule has 5 heterocycles. The normalized spacial score (nSPS) is 30.0. The Morgan fingerprint density at radius 2 is 1.63 bits per heavy atom. The quantitative estimate of drug-likeness (QED) is 0.0504. The van der Waals surface area contributed by atoms with Crippen LogP contribution in [-0.4, -0.2) is 110 Å². The first-order chi connectivity index (χ1) is 22.8. The molecule has 10 atom stereocenters. The van der Waals surface area contributed by atoms with Crippen LogP contribution in [0.15, 0.2) is 35.6 Å². The van der Waals surface area contributed by atoms with Crippen molar-refractivity contribution in [2.75, 3.05) is 18.9 Å². The van der Waals surface area contributed by atoms with Gasteiger partial charge in [-0.1, -0.05) is 0 Å². The number of imidazole rings is 1. The van der Waals surface area contributed by atoms with Gasteiger partial charge in [0.15, 0.2) is 46.4 Å². The van der Waals surface area contributed by atoms with E-state index in [9.17, 15) is 53.4 Å². The number of aromatic nitrogens is 5. The first kappa shape index (κ1) is 37.9. The first-order valence-corrected chi connectivity index (χ1v) is 18.8. The molecule has 5 rings (SSSR count). The van der Waals surface area contributed by atoms with Crippen molar-refractivity contribution in [1.82, 2.24) is 19.5 Å². The van der Waals surface area contributed by atoms with Crippen LogP contribution >= 0.6 is 39.4 Å². The minimum atomic E-state index is -5.53. The van der Waals surface area contributed by atoms with Crippen LogP contribution in [0, 0.1) is 0 Å². The summed E-state index contributed by atoms with van der Waals surface area (Å²) in [5, 5.41) is 31.8. The Bertz CT molecular complexity index is 1870. The van der Waals surface area contributed by atoms with Crippen LogP contribution in [0.3, 0.4) is 0 Å². The number of primary amides is 1. The van der Waals surface area contributed by atoms with Crippen molar-refractivity contribution in [2.24, 2.45) is 5.73 Å². The molecular weight excluding hydrogens is 795 g/mol. The lowest BCUT2D eigenvalue weighted by Gasteiger charge is -2.20. The highest BCUT2D eigenvalue weighted by Gasteiger charge is 2.54. The molecule has 0 spiro atoms. The third kappa shape index (κ3) is 8.57. The fraction of sp³-hybridized carbons (Fsp3) is 0.476. The smallest absolute Gasteiger partial charge is 0.387 e. The zero-order valence-corrected chi connectivity index (χ0v) is 28.5. The molecular formula is C21H28BrN7O17P3+. The Morgan fingerprint density at radius 3 is 2.24 bits per heavy atom. The highest BCUT2D eigenvalue weighted by molar-refractivity contribution is 9.10. The van der Waals surface area contributed by atoms with Crippen molar-refractivity contribution >= 4 is 62.3 Å². The number of hydrogen-bond acceptors (Lipinski definition) is 17. The van der Waals surface area contributed by atoms with E-state index in [4.69, 9.17) is 25.5 Å². The monoisotopic (exact) mass is 822 g/mol. The first-order valence-electron chi connectivity index (χ1n) is 13.5. The van der Waals surface area contributed by atoms with E-state index < -0.39 is 91.7 Å². The van der Waals surface area contributed by atoms with Gasteiger partial charge >= 0.3 is 23.5 Å². The molecule has 28 heteroatoms. The van der Waals surface area contributed by atoms with Crippen molar-refractivity contribution in [2.45, 2.75) is 49.1 Å². The number of hydrogen-bond donors (Lipinski definition) is 9. The van der Waals surface area contributed by atoms with E-state index in [0.29, 0.717) is 0 Å². The summed E-state index contributed by atoms with van der Waals surface area (Å²) in [5.41, 5.74) is 11.2. The zero-order valence-electron chi connectivity index (χ0n) is 24.2. The average Bonchev–Trinajstić information content (AvgIpc) is 3.60. The predicted molar refractivity (Wildman–Crippen MR) is 158 cm³/mol. The number of carbonyl (C=O) groups is 1. The van der Waals surface area contributed by atoms with Gasteiger partial charge < -0.3 is 55.8 Å². The van der Waals surface area contributed by atoms with Gasteiger partial charge in [-0.15, -0.1) is 0 Å². The van der Waals surface area contributed by atoms with E-state index >= 15 is 0 Å². The number of ether oxygens (including phenoxy) is 2. The van der Waals surface area contributed by atoms with Gasteiger partial charge in [0.2, 0.25) is 0 Å². The summed E-state index contributed by atoms with van der Waals surface area (Å²) in [7, 11) is -16.3. The molecule has 0 aromatic carbocycles. The third-order valence-corrected chi connectivity index (χ3v) is 10.7. The molecule has 0 radical (unpaired) electrons. The van der Waals surface area contributed by atoms with Crippen molar-refractivity contribution < 1.29 is 85.3 Å². The molecule has 0 bridgehead atoms. The zero-order chi connectivity index (χ0) is 36.1. The van der Waals surface area contributed by atoms with E-state index in [2.05, 4.69) is 44.2 Å². The Morgan fingerprint density at radius 1 is 1.00 bits per heavy atom. The Balaban J connectivity index is 1.21. The number of phosphoric acid groups is 3. The largest absolute Gasteiger partial charge is 0.481 e. The number of halogens is 1. The van der Waals surface area contributed by atoms with Crippen LogP contribution in [0.25, 0.3) is 11.2 Å². The molecule has 3 aromatic heterocycles. The molecule has 2 fully saturated rings. The minimum Gasteiger partial charge on any atom is -0.387 e. The highest BCUT2D eigenvalue weighted by Crippen LogP contribution is 2.61. The van der Waals surface area contributed by atoms with Gasteiger partial charge in [0, 0.05) is 6.07 Å². The average molecular weight is 823 g/mol. The molecule has 0 saturated carbocycles. The summed E-state index contributed by atoms with van der Waals surface area (Å²) in [6.45, 7) is -2.05. The number of aliphatic hydroxyl groups is 3. The molecule has 11 N–H and O–H groups in total. The number of aliphatic hydroxyl groups excluding tert-OH is 3. The van der Waals surface area contributed by atoms with Crippen LogP contribution in [-0.2, 0) is 41.1 Å². The number of phosphoric ester groups is 3. The number of anilines is 1. The molecule has 2 aliphatic heterocycles. The summed E-state index contributed by atoms with van der Waals surface area (Å²) in [4.78, 5) is 62.5. The van der Waals surface area contributed by atoms with Crippen LogP contribution in [0.1, 0.15) is 22.8 Å². The number of nitrogens with two attached hydrogens (primary N) is 2. The van der Waals surface area contributed by atoms with Crippen molar-refractivity contribution in [1.29, 1.82) is 0 Å². The second kappa shape index (κ2) is 14.3. The second-order valence-electron chi connectivity index (χ2n) is 10.4. The van der Waals surface area contributed by atoms with Gasteiger partial charge in [-0.25, -0.2) is 28.6 Å². The van der Waals surface area contributed by atoms with E-state index in [1.807, 2.05) is 0 Å². The minimum absolute atomic E-state index is 0.00312. The number of pyridine rings is 1. The third-order valence-electron chi connectivity index (χ3n) is 7.04. The van der Waals surface area contributed by atoms with Crippen molar-refractivity contribution in [3.05, 3.63) is 41.2 Å². The lowest BCUT2D eigenvalue weighted by molar-refractivity contribution is -0.765. The molecule has 49 heavy (non-hydrogen) atoms. The number of amides is 1. The van der Waals surface area contributed by atoms with Crippen LogP contribution in [0.4, 0.5) is 5.82 Å². The van der Waals surface area contributed by atoms with E-state index in [1.54, 1.807) is 0 Å². The summed E-state index contributed by atoms with van der Waals surface area (Å²) in [6, 6.07) is 2.63. The van der Waals surface area contributed by atoms with Gasteiger partial charge in [-0.2, -0.15) is 8.88 Å². The van der Waals surface area contributed by atoms with E-state index in [0.717, 1.165) is 17.1 Å².